The van der Waals surface area contributed by atoms with Crippen molar-refractivity contribution in [2.75, 3.05) is 16.8 Å². The van der Waals surface area contributed by atoms with Crippen LogP contribution < -0.4 is 10.2 Å². The third-order valence-electron chi connectivity index (χ3n) is 6.37. The first-order valence-corrected chi connectivity index (χ1v) is 10.7. The minimum atomic E-state index is -0.654. The third kappa shape index (κ3) is 2.86. The van der Waals surface area contributed by atoms with Gasteiger partial charge >= 0.3 is 0 Å². The summed E-state index contributed by atoms with van der Waals surface area (Å²) < 4.78 is 2.01. The van der Waals surface area contributed by atoms with E-state index in [9.17, 15) is 14.4 Å². The Bertz CT molecular complexity index is 1470. The minimum absolute atomic E-state index is 0.171. The number of amides is 3. The van der Waals surface area contributed by atoms with Gasteiger partial charge in [0, 0.05) is 41.0 Å². The fourth-order valence-corrected chi connectivity index (χ4v) is 4.85. The van der Waals surface area contributed by atoms with Gasteiger partial charge in [0.05, 0.1) is 11.3 Å². The topological polar surface area (TPSA) is 74.7 Å². The number of rotatable bonds is 3. The Morgan fingerprint density at radius 2 is 1.67 bits per heavy atom. The number of hydrogen-bond acceptors (Lipinski definition) is 3. The predicted octanol–water partition coefficient (Wildman–Crippen LogP) is 3.93. The van der Waals surface area contributed by atoms with E-state index in [1.165, 1.54) is 4.90 Å². The highest BCUT2D eigenvalue weighted by atomic mass is 16.2. The number of nitrogens with zero attached hydrogens (tertiary/aromatic N) is 3. The minimum Gasteiger partial charge on any atom is -0.351 e. The first kappa shape index (κ1) is 19.3. The molecule has 1 atom stereocenters. The van der Waals surface area contributed by atoms with E-state index < -0.39 is 6.17 Å². The summed E-state index contributed by atoms with van der Waals surface area (Å²) in [7, 11) is 1.97. The standard InChI is InChI=1S/C26H20N4O3/c1-28-13-12-16-14-17(10-11-21(16)28)27-23(31)15-29-24-18-6-2-3-7-19(18)26(33)30(24)22-9-5-4-8-20(22)25(29)32/h2-14,24H,15H2,1H3,(H,27,31)/t24-/m1/s1. The molecule has 3 heterocycles. The number of para-hydroxylation sites is 1. The van der Waals surface area contributed by atoms with Gasteiger partial charge < -0.3 is 14.8 Å². The summed E-state index contributed by atoms with van der Waals surface area (Å²) in [5.41, 5.74) is 3.97. The van der Waals surface area contributed by atoms with Crippen LogP contribution in [-0.4, -0.2) is 33.7 Å². The molecule has 0 saturated carbocycles. The summed E-state index contributed by atoms with van der Waals surface area (Å²) in [4.78, 5) is 42.8. The van der Waals surface area contributed by atoms with Gasteiger partial charge in [-0.1, -0.05) is 30.3 Å². The molecule has 2 aliphatic heterocycles. The van der Waals surface area contributed by atoms with Crippen molar-refractivity contribution in [1.29, 1.82) is 0 Å². The number of anilines is 2. The van der Waals surface area contributed by atoms with Gasteiger partial charge in [0.2, 0.25) is 5.91 Å². The van der Waals surface area contributed by atoms with E-state index in [1.807, 2.05) is 60.3 Å². The van der Waals surface area contributed by atoms with Crippen LogP contribution in [0.4, 0.5) is 11.4 Å². The largest absolute Gasteiger partial charge is 0.351 e. The molecule has 1 N–H and O–H groups in total. The molecule has 6 rings (SSSR count). The van der Waals surface area contributed by atoms with E-state index >= 15 is 0 Å². The van der Waals surface area contributed by atoms with E-state index in [4.69, 9.17) is 0 Å². The van der Waals surface area contributed by atoms with Gasteiger partial charge in [0.15, 0.2) is 0 Å². The number of aromatic nitrogens is 1. The van der Waals surface area contributed by atoms with E-state index in [-0.39, 0.29) is 24.3 Å². The summed E-state index contributed by atoms with van der Waals surface area (Å²) in [6.45, 7) is -0.178. The molecule has 3 amide bonds. The predicted molar refractivity (Wildman–Crippen MR) is 125 cm³/mol. The van der Waals surface area contributed by atoms with E-state index in [2.05, 4.69) is 5.32 Å². The van der Waals surface area contributed by atoms with Crippen molar-refractivity contribution in [1.82, 2.24) is 9.47 Å². The average molecular weight is 436 g/mol. The van der Waals surface area contributed by atoms with Crippen molar-refractivity contribution in [3.63, 3.8) is 0 Å². The van der Waals surface area contributed by atoms with Gasteiger partial charge in [-0.05, 0) is 42.5 Å². The zero-order valence-electron chi connectivity index (χ0n) is 17.9. The molecule has 162 valence electrons. The van der Waals surface area contributed by atoms with Crippen molar-refractivity contribution < 1.29 is 14.4 Å². The molecule has 7 nitrogen and oxygen atoms in total. The van der Waals surface area contributed by atoms with Crippen molar-refractivity contribution in [2.45, 2.75) is 6.17 Å². The number of hydrogen-bond donors (Lipinski definition) is 1. The van der Waals surface area contributed by atoms with Crippen molar-refractivity contribution >= 4 is 40.0 Å². The zero-order chi connectivity index (χ0) is 22.7. The lowest BCUT2D eigenvalue weighted by molar-refractivity contribution is -0.117. The monoisotopic (exact) mass is 436 g/mol. The highest BCUT2D eigenvalue weighted by Crippen LogP contribution is 2.44. The Labute approximate surface area is 189 Å². The Hall–Kier alpha value is -4.39. The lowest BCUT2D eigenvalue weighted by Gasteiger charge is -2.40. The maximum atomic E-state index is 13.4. The second-order valence-electron chi connectivity index (χ2n) is 8.33. The van der Waals surface area contributed by atoms with Crippen LogP contribution in [0.25, 0.3) is 10.9 Å². The molecule has 0 aliphatic carbocycles. The fourth-order valence-electron chi connectivity index (χ4n) is 4.85. The molecule has 0 bridgehead atoms. The zero-order valence-corrected chi connectivity index (χ0v) is 17.9. The van der Waals surface area contributed by atoms with Gasteiger partial charge in [0.25, 0.3) is 11.8 Å². The molecule has 0 fully saturated rings. The highest BCUT2D eigenvalue weighted by Gasteiger charge is 2.48. The summed E-state index contributed by atoms with van der Waals surface area (Å²) >= 11 is 0. The summed E-state index contributed by atoms with van der Waals surface area (Å²) in [6.07, 6.45) is 1.31. The number of aryl methyl sites for hydroxylation is 1. The fraction of sp³-hybridized carbons (Fsp3) is 0.115. The Balaban J connectivity index is 1.35. The SMILES string of the molecule is Cn1ccc2cc(NC(=O)CN3C(=O)c4ccccc4N4C(=O)c5ccccc5[C@H]34)ccc21. The van der Waals surface area contributed by atoms with Crippen LogP contribution in [0, 0.1) is 0 Å². The second-order valence-corrected chi connectivity index (χ2v) is 8.33. The number of benzene rings is 3. The van der Waals surface area contributed by atoms with Crippen molar-refractivity contribution in [3.8, 4) is 0 Å². The van der Waals surface area contributed by atoms with Crippen LogP contribution in [0.5, 0.6) is 0 Å². The van der Waals surface area contributed by atoms with Gasteiger partial charge in [-0.2, -0.15) is 0 Å². The molecule has 4 aromatic rings. The Morgan fingerprint density at radius 3 is 2.52 bits per heavy atom. The summed E-state index contributed by atoms with van der Waals surface area (Å²) in [5.74, 6) is -0.768. The number of fused-ring (bicyclic) bond motifs is 6. The van der Waals surface area contributed by atoms with Crippen LogP contribution in [0.1, 0.15) is 32.4 Å². The van der Waals surface area contributed by atoms with Crippen molar-refractivity contribution in [3.05, 3.63) is 95.7 Å². The third-order valence-corrected chi connectivity index (χ3v) is 6.37. The number of nitrogens with one attached hydrogen (secondary N) is 1. The van der Waals surface area contributed by atoms with Gasteiger partial charge in [-0.25, -0.2) is 0 Å². The number of carbonyl (C=O) groups is 3. The molecule has 33 heavy (non-hydrogen) atoms. The normalized spacial score (nSPS) is 16.6. The Kier molecular flexibility index (Phi) is 4.13. The van der Waals surface area contributed by atoms with Crippen LogP contribution in [0.15, 0.2) is 79.0 Å². The second kappa shape index (κ2) is 7.06. The first-order valence-electron chi connectivity index (χ1n) is 10.7. The van der Waals surface area contributed by atoms with Crippen LogP contribution in [0.2, 0.25) is 0 Å². The number of carbonyl (C=O) groups excluding carboxylic acids is 3. The van der Waals surface area contributed by atoms with E-state index in [1.54, 1.807) is 35.2 Å². The molecule has 3 aromatic carbocycles. The van der Waals surface area contributed by atoms with Crippen LogP contribution >= 0.6 is 0 Å². The van der Waals surface area contributed by atoms with E-state index in [0.717, 1.165) is 16.5 Å². The van der Waals surface area contributed by atoms with Gasteiger partial charge in [-0.15, -0.1) is 0 Å². The summed E-state index contributed by atoms with van der Waals surface area (Å²) in [5, 5.41) is 3.92. The van der Waals surface area contributed by atoms with E-state index in [0.29, 0.717) is 22.5 Å². The lowest BCUT2D eigenvalue weighted by Crippen LogP contribution is -2.50. The molecular formula is C26H20N4O3. The van der Waals surface area contributed by atoms with Crippen LogP contribution in [0.3, 0.4) is 0 Å². The smallest absolute Gasteiger partial charge is 0.260 e. The molecule has 1 aromatic heterocycles. The molecule has 7 heteroatoms. The van der Waals surface area contributed by atoms with Gasteiger partial charge in [0.1, 0.15) is 12.7 Å². The molecule has 2 aliphatic rings. The first-order chi connectivity index (χ1) is 16.0. The highest BCUT2D eigenvalue weighted by molar-refractivity contribution is 6.17. The average Bonchev–Trinajstić information content (AvgIpc) is 3.34. The molecule has 0 spiro atoms. The maximum Gasteiger partial charge on any atom is 0.260 e. The maximum absolute atomic E-state index is 13.4. The lowest BCUT2D eigenvalue weighted by atomic mass is 10.0. The quantitative estimate of drug-likeness (QED) is 0.529. The molecular weight excluding hydrogens is 416 g/mol. The Morgan fingerprint density at radius 1 is 0.909 bits per heavy atom. The molecule has 0 saturated heterocycles. The van der Waals surface area contributed by atoms with Gasteiger partial charge in [-0.3, -0.25) is 19.3 Å². The molecule has 0 unspecified atom stereocenters. The molecule has 0 radical (unpaired) electrons. The van der Waals surface area contributed by atoms with Crippen LogP contribution in [-0.2, 0) is 11.8 Å². The summed E-state index contributed by atoms with van der Waals surface area (Å²) in [6, 6.07) is 22.0. The van der Waals surface area contributed by atoms with Crippen molar-refractivity contribution in [2.24, 2.45) is 7.05 Å².